The second-order valence-electron chi connectivity index (χ2n) is 5.14. The van der Waals surface area contributed by atoms with Crippen LogP contribution in [0.1, 0.15) is 53.6 Å². The zero-order chi connectivity index (χ0) is 11.5. The minimum atomic E-state index is 0.562. The zero-order valence-electron chi connectivity index (χ0n) is 10.3. The van der Waals surface area contributed by atoms with Gasteiger partial charge in [-0.15, -0.1) is 0 Å². The standard InChI is InChI=1S/C15H21Br/c1-11-8-9-14(10-12(11)2)15(16)13-6-4-3-5-7-13/h8-10,13,15H,3-7H2,1-2H3. The van der Waals surface area contributed by atoms with Crippen LogP contribution < -0.4 is 0 Å². The van der Waals surface area contributed by atoms with Crippen molar-refractivity contribution in [3.8, 4) is 0 Å². The molecule has 88 valence electrons. The highest BCUT2D eigenvalue weighted by molar-refractivity contribution is 9.09. The first-order valence-corrected chi connectivity index (χ1v) is 7.31. The molecule has 1 unspecified atom stereocenters. The third-order valence-electron chi connectivity index (χ3n) is 3.91. The second kappa shape index (κ2) is 5.35. The molecular formula is C15H21Br. The van der Waals surface area contributed by atoms with E-state index < -0.39 is 0 Å². The number of alkyl halides is 1. The van der Waals surface area contributed by atoms with Gasteiger partial charge >= 0.3 is 0 Å². The summed E-state index contributed by atoms with van der Waals surface area (Å²) in [6.07, 6.45) is 7.05. The van der Waals surface area contributed by atoms with Crippen LogP contribution in [0.4, 0.5) is 0 Å². The zero-order valence-corrected chi connectivity index (χ0v) is 11.9. The van der Waals surface area contributed by atoms with Gasteiger partial charge in [0.25, 0.3) is 0 Å². The summed E-state index contributed by atoms with van der Waals surface area (Å²) in [6.45, 7) is 4.39. The summed E-state index contributed by atoms with van der Waals surface area (Å²) >= 11 is 3.91. The van der Waals surface area contributed by atoms with Crippen molar-refractivity contribution >= 4 is 15.9 Å². The number of benzene rings is 1. The molecule has 1 heteroatoms. The molecule has 0 amide bonds. The highest BCUT2D eigenvalue weighted by Crippen LogP contribution is 2.40. The van der Waals surface area contributed by atoms with Crippen LogP contribution in [0.5, 0.6) is 0 Å². The minimum Gasteiger partial charge on any atom is -0.0836 e. The van der Waals surface area contributed by atoms with Crippen molar-refractivity contribution < 1.29 is 0 Å². The van der Waals surface area contributed by atoms with E-state index in [1.165, 1.54) is 48.8 Å². The van der Waals surface area contributed by atoms with Gasteiger partial charge < -0.3 is 0 Å². The van der Waals surface area contributed by atoms with Crippen LogP contribution in [0.3, 0.4) is 0 Å². The van der Waals surface area contributed by atoms with Gasteiger partial charge in [-0.1, -0.05) is 53.4 Å². The first-order valence-electron chi connectivity index (χ1n) is 6.39. The molecule has 1 aromatic rings. The van der Waals surface area contributed by atoms with Gasteiger partial charge in [0.05, 0.1) is 0 Å². The van der Waals surface area contributed by atoms with Gasteiger partial charge in [-0.3, -0.25) is 0 Å². The fraction of sp³-hybridized carbons (Fsp3) is 0.600. The van der Waals surface area contributed by atoms with E-state index in [-0.39, 0.29) is 0 Å². The van der Waals surface area contributed by atoms with Crippen molar-refractivity contribution in [2.24, 2.45) is 5.92 Å². The lowest BCUT2D eigenvalue weighted by molar-refractivity contribution is 0.354. The van der Waals surface area contributed by atoms with Crippen molar-refractivity contribution in [2.75, 3.05) is 0 Å². The first kappa shape index (κ1) is 12.2. The Bertz CT molecular complexity index is 350. The molecule has 0 aromatic heterocycles. The van der Waals surface area contributed by atoms with Crippen LogP contribution in [0.2, 0.25) is 0 Å². The van der Waals surface area contributed by atoms with Gasteiger partial charge in [-0.2, -0.15) is 0 Å². The molecule has 1 aliphatic rings. The van der Waals surface area contributed by atoms with E-state index in [9.17, 15) is 0 Å². The van der Waals surface area contributed by atoms with Gasteiger partial charge in [0.1, 0.15) is 0 Å². The normalized spacial score (nSPS) is 19.7. The topological polar surface area (TPSA) is 0 Å². The van der Waals surface area contributed by atoms with Crippen LogP contribution in [0, 0.1) is 19.8 Å². The molecular weight excluding hydrogens is 260 g/mol. The third-order valence-corrected chi connectivity index (χ3v) is 5.19. The van der Waals surface area contributed by atoms with Gasteiger partial charge in [0.2, 0.25) is 0 Å². The van der Waals surface area contributed by atoms with E-state index in [2.05, 4.69) is 48.0 Å². The van der Waals surface area contributed by atoms with Crippen LogP contribution in [-0.2, 0) is 0 Å². The Balaban J connectivity index is 2.12. The molecule has 0 nitrogen and oxygen atoms in total. The molecule has 0 spiro atoms. The lowest BCUT2D eigenvalue weighted by Gasteiger charge is -2.27. The fourth-order valence-electron chi connectivity index (χ4n) is 2.64. The van der Waals surface area contributed by atoms with Crippen LogP contribution in [0.25, 0.3) is 0 Å². The maximum absolute atomic E-state index is 3.91. The maximum Gasteiger partial charge on any atom is 0.0423 e. The summed E-state index contributed by atoms with van der Waals surface area (Å²) in [7, 11) is 0. The number of halogens is 1. The second-order valence-corrected chi connectivity index (χ2v) is 6.13. The molecule has 1 fully saturated rings. The van der Waals surface area contributed by atoms with E-state index >= 15 is 0 Å². The van der Waals surface area contributed by atoms with Gasteiger partial charge in [0.15, 0.2) is 0 Å². The lowest BCUT2D eigenvalue weighted by Crippen LogP contribution is -2.12. The summed E-state index contributed by atoms with van der Waals surface area (Å²) in [5.74, 6) is 0.843. The van der Waals surface area contributed by atoms with Crippen molar-refractivity contribution in [3.05, 3.63) is 34.9 Å². The molecule has 0 heterocycles. The van der Waals surface area contributed by atoms with Crippen LogP contribution in [-0.4, -0.2) is 0 Å². The Morgan fingerprint density at radius 3 is 2.38 bits per heavy atom. The molecule has 1 aliphatic carbocycles. The Hall–Kier alpha value is -0.300. The van der Waals surface area contributed by atoms with Gasteiger partial charge in [-0.05, 0) is 49.3 Å². The highest BCUT2D eigenvalue weighted by Gasteiger charge is 2.22. The Morgan fingerprint density at radius 1 is 1.06 bits per heavy atom. The Morgan fingerprint density at radius 2 is 1.75 bits per heavy atom. The molecule has 1 atom stereocenters. The average molecular weight is 281 g/mol. The Labute approximate surface area is 108 Å². The monoisotopic (exact) mass is 280 g/mol. The van der Waals surface area contributed by atoms with Crippen molar-refractivity contribution in [1.29, 1.82) is 0 Å². The van der Waals surface area contributed by atoms with E-state index in [0.29, 0.717) is 4.83 Å². The number of hydrogen-bond acceptors (Lipinski definition) is 0. The SMILES string of the molecule is Cc1ccc(C(Br)C2CCCCC2)cc1C. The molecule has 0 aliphatic heterocycles. The summed E-state index contributed by atoms with van der Waals surface area (Å²) in [4.78, 5) is 0.562. The number of hydrogen-bond donors (Lipinski definition) is 0. The third kappa shape index (κ3) is 2.68. The highest BCUT2D eigenvalue weighted by atomic mass is 79.9. The van der Waals surface area contributed by atoms with Crippen LogP contribution in [0.15, 0.2) is 18.2 Å². The molecule has 0 bridgehead atoms. The molecule has 1 aromatic carbocycles. The quantitative estimate of drug-likeness (QED) is 0.643. The molecule has 0 N–H and O–H groups in total. The molecule has 0 saturated heterocycles. The summed E-state index contributed by atoms with van der Waals surface area (Å²) in [6, 6.07) is 6.89. The van der Waals surface area contributed by atoms with Crippen LogP contribution >= 0.6 is 15.9 Å². The molecule has 16 heavy (non-hydrogen) atoms. The minimum absolute atomic E-state index is 0.562. The van der Waals surface area contributed by atoms with E-state index in [1.807, 2.05) is 0 Å². The lowest BCUT2D eigenvalue weighted by atomic mass is 9.84. The van der Waals surface area contributed by atoms with Crippen molar-refractivity contribution in [1.82, 2.24) is 0 Å². The summed E-state index contributed by atoms with van der Waals surface area (Å²) < 4.78 is 0. The molecule has 0 radical (unpaired) electrons. The van der Waals surface area contributed by atoms with Gasteiger partial charge in [-0.25, -0.2) is 0 Å². The summed E-state index contributed by atoms with van der Waals surface area (Å²) in [5, 5.41) is 0. The predicted octanol–water partition coefficient (Wildman–Crippen LogP) is 5.32. The number of rotatable bonds is 2. The Kier molecular flexibility index (Phi) is 4.07. The smallest absolute Gasteiger partial charge is 0.0423 e. The summed E-state index contributed by atoms with van der Waals surface area (Å²) in [5.41, 5.74) is 4.28. The van der Waals surface area contributed by atoms with E-state index in [0.717, 1.165) is 5.92 Å². The van der Waals surface area contributed by atoms with Crippen molar-refractivity contribution in [3.63, 3.8) is 0 Å². The van der Waals surface area contributed by atoms with Gasteiger partial charge in [0, 0.05) is 4.83 Å². The first-order chi connectivity index (χ1) is 7.68. The maximum atomic E-state index is 3.91. The predicted molar refractivity (Wildman–Crippen MR) is 74.2 cm³/mol. The largest absolute Gasteiger partial charge is 0.0836 e. The fourth-order valence-corrected chi connectivity index (χ4v) is 3.45. The van der Waals surface area contributed by atoms with Crippen molar-refractivity contribution in [2.45, 2.75) is 50.8 Å². The van der Waals surface area contributed by atoms with E-state index in [1.54, 1.807) is 0 Å². The average Bonchev–Trinajstić information content (AvgIpc) is 2.33. The molecule has 1 saturated carbocycles. The van der Waals surface area contributed by atoms with E-state index in [4.69, 9.17) is 0 Å². The number of aryl methyl sites for hydroxylation is 2. The molecule has 2 rings (SSSR count).